The van der Waals surface area contributed by atoms with Gasteiger partial charge in [0.05, 0.1) is 4.90 Å². The standard InChI is InChI=1S/C11H15ClN2O2S/c12-11-6-10(5-4-8(11)7-13)17(15,16)14-9-2-1-3-9/h4-6,9,14H,1-3,7,13H2. The molecular formula is C11H15ClN2O2S. The Morgan fingerprint density at radius 1 is 1.41 bits per heavy atom. The minimum atomic E-state index is -3.44. The molecule has 0 bridgehead atoms. The molecule has 0 unspecified atom stereocenters. The summed E-state index contributed by atoms with van der Waals surface area (Å²) >= 11 is 5.95. The third-order valence-corrected chi connectivity index (χ3v) is 4.85. The van der Waals surface area contributed by atoms with Gasteiger partial charge in [0.25, 0.3) is 0 Å². The predicted molar refractivity (Wildman–Crippen MR) is 67.3 cm³/mol. The van der Waals surface area contributed by atoms with Crippen molar-refractivity contribution in [2.45, 2.75) is 36.7 Å². The number of nitrogens with one attached hydrogen (secondary N) is 1. The Kier molecular flexibility index (Phi) is 3.73. The van der Waals surface area contributed by atoms with E-state index in [2.05, 4.69) is 4.72 Å². The van der Waals surface area contributed by atoms with Crippen LogP contribution in [0.15, 0.2) is 23.1 Å². The molecule has 0 heterocycles. The SMILES string of the molecule is NCc1ccc(S(=O)(=O)NC2CCC2)cc1Cl. The third-order valence-electron chi connectivity index (χ3n) is 2.98. The van der Waals surface area contributed by atoms with Crippen molar-refractivity contribution in [2.75, 3.05) is 0 Å². The first-order valence-corrected chi connectivity index (χ1v) is 7.40. The van der Waals surface area contributed by atoms with Gasteiger partial charge in [0.2, 0.25) is 10.0 Å². The van der Waals surface area contributed by atoms with Crippen molar-refractivity contribution in [3.8, 4) is 0 Å². The van der Waals surface area contributed by atoms with Crippen molar-refractivity contribution >= 4 is 21.6 Å². The zero-order chi connectivity index (χ0) is 12.5. The van der Waals surface area contributed by atoms with Gasteiger partial charge in [-0.2, -0.15) is 0 Å². The van der Waals surface area contributed by atoms with E-state index in [9.17, 15) is 8.42 Å². The summed E-state index contributed by atoms with van der Waals surface area (Å²) in [4.78, 5) is 0.201. The second-order valence-corrected chi connectivity index (χ2v) is 6.33. The lowest BCUT2D eigenvalue weighted by atomic mass is 9.94. The van der Waals surface area contributed by atoms with Gasteiger partial charge in [-0.1, -0.05) is 24.1 Å². The van der Waals surface area contributed by atoms with Crippen LogP contribution < -0.4 is 10.5 Å². The van der Waals surface area contributed by atoms with Gasteiger partial charge in [0, 0.05) is 17.6 Å². The van der Waals surface area contributed by atoms with Gasteiger partial charge in [-0.25, -0.2) is 13.1 Å². The highest BCUT2D eigenvalue weighted by Gasteiger charge is 2.24. The summed E-state index contributed by atoms with van der Waals surface area (Å²) in [7, 11) is -3.44. The number of hydrogen-bond acceptors (Lipinski definition) is 3. The van der Waals surface area contributed by atoms with Gasteiger partial charge in [0.15, 0.2) is 0 Å². The van der Waals surface area contributed by atoms with E-state index in [0.29, 0.717) is 11.6 Å². The zero-order valence-corrected chi connectivity index (χ0v) is 10.9. The number of hydrogen-bond donors (Lipinski definition) is 2. The first-order chi connectivity index (χ1) is 8.03. The highest BCUT2D eigenvalue weighted by Crippen LogP contribution is 2.24. The molecule has 1 aliphatic rings. The Balaban J connectivity index is 2.23. The quantitative estimate of drug-likeness (QED) is 0.877. The third kappa shape index (κ3) is 2.80. The summed E-state index contributed by atoms with van der Waals surface area (Å²) in [6.07, 6.45) is 2.90. The topological polar surface area (TPSA) is 72.2 Å². The molecule has 1 saturated carbocycles. The van der Waals surface area contributed by atoms with Gasteiger partial charge < -0.3 is 5.73 Å². The molecule has 0 radical (unpaired) electrons. The molecule has 6 heteroatoms. The average Bonchev–Trinajstić information content (AvgIpc) is 2.23. The van der Waals surface area contributed by atoms with Crippen LogP contribution in [0.1, 0.15) is 24.8 Å². The second kappa shape index (κ2) is 4.94. The summed E-state index contributed by atoms with van der Waals surface area (Å²) in [6, 6.07) is 4.71. The minimum Gasteiger partial charge on any atom is -0.326 e. The van der Waals surface area contributed by atoms with Gasteiger partial charge >= 0.3 is 0 Å². The van der Waals surface area contributed by atoms with Crippen LogP contribution in [0.25, 0.3) is 0 Å². The first kappa shape index (κ1) is 12.8. The number of nitrogens with two attached hydrogens (primary N) is 1. The van der Waals surface area contributed by atoms with E-state index >= 15 is 0 Å². The van der Waals surface area contributed by atoms with E-state index in [4.69, 9.17) is 17.3 Å². The van der Waals surface area contributed by atoms with E-state index in [0.717, 1.165) is 24.8 Å². The molecule has 0 aromatic heterocycles. The fourth-order valence-electron chi connectivity index (χ4n) is 1.67. The summed E-state index contributed by atoms with van der Waals surface area (Å²) in [6.45, 7) is 0.301. The predicted octanol–water partition coefficient (Wildman–Crippen LogP) is 1.63. The van der Waals surface area contributed by atoms with Crippen LogP contribution in [0.5, 0.6) is 0 Å². The van der Waals surface area contributed by atoms with Crippen LogP contribution in [0, 0.1) is 0 Å². The van der Waals surface area contributed by atoms with Crippen LogP contribution in [0.3, 0.4) is 0 Å². The molecule has 0 atom stereocenters. The van der Waals surface area contributed by atoms with Crippen LogP contribution in [-0.2, 0) is 16.6 Å². The van der Waals surface area contributed by atoms with Crippen molar-refractivity contribution in [1.29, 1.82) is 0 Å². The lowest BCUT2D eigenvalue weighted by Gasteiger charge is -2.26. The Bertz CT molecular complexity index is 512. The molecule has 1 aromatic rings. The van der Waals surface area contributed by atoms with Crippen molar-refractivity contribution in [1.82, 2.24) is 4.72 Å². The van der Waals surface area contributed by atoms with Crippen molar-refractivity contribution in [3.63, 3.8) is 0 Å². The molecule has 2 rings (SSSR count). The molecule has 1 fully saturated rings. The van der Waals surface area contributed by atoms with Gasteiger partial charge in [-0.3, -0.25) is 0 Å². The number of benzene rings is 1. The van der Waals surface area contributed by atoms with Gasteiger partial charge in [-0.05, 0) is 30.5 Å². The molecule has 94 valence electrons. The normalized spacial score (nSPS) is 16.8. The van der Waals surface area contributed by atoms with E-state index < -0.39 is 10.0 Å². The fourth-order valence-corrected chi connectivity index (χ4v) is 3.33. The average molecular weight is 275 g/mol. The van der Waals surface area contributed by atoms with E-state index in [1.807, 2.05) is 0 Å². The lowest BCUT2D eigenvalue weighted by Crippen LogP contribution is -2.39. The van der Waals surface area contributed by atoms with Crippen molar-refractivity contribution in [2.24, 2.45) is 5.73 Å². The van der Waals surface area contributed by atoms with Gasteiger partial charge in [0.1, 0.15) is 0 Å². The molecule has 1 aromatic carbocycles. The Morgan fingerprint density at radius 3 is 2.59 bits per heavy atom. The second-order valence-electron chi connectivity index (χ2n) is 4.21. The van der Waals surface area contributed by atoms with E-state index in [1.54, 1.807) is 6.07 Å². The molecule has 4 nitrogen and oxygen atoms in total. The Hall–Kier alpha value is -0.620. The van der Waals surface area contributed by atoms with Crippen molar-refractivity contribution in [3.05, 3.63) is 28.8 Å². The van der Waals surface area contributed by atoms with Crippen molar-refractivity contribution < 1.29 is 8.42 Å². The highest BCUT2D eigenvalue weighted by atomic mass is 35.5. The maximum Gasteiger partial charge on any atom is 0.240 e. The maximum atomic E-state index is 12.0. The molecular weight excluding hydrogens is 260 g/mol. The van der Waals surface area contributed by atoms with Crippen LogP contribution >= 0.6 is 11.6 Å². The van der Waals surface area contributed by atoms with Crippen LogP contribution in [-0.4, -0.2) is 14.5 Å². The summed E-state index contributed by atoms with van der Waals surface area (Å²) in [5.41, 5.74) is 6.22. The fraction of sp³-hybridized carbons (Fsp3) is 0.455. The van der Waals surface area contributed by atoms with E-state index in [-0.39, 0.29) is 10.9 Å². The number of sulfonamides is 1. The summed E-state index contributed by atoms with van der Waals surface area (Å²) < 4.78 is 26.6. The summed E-state index contributed by atoms with van der Waals surface area (Å²) in [5, 5.41) is 0.393. The molecule has 0 aliphatic heterocycles. The molecule has 3 N–H and O–H groups in total. The molecule has 0 saturated heterocycles. The Morgan fingerprint density at radius 2 is 2.12 bits per heavy atom. The summed E-state index contributed by atoms with van der Waals surface area (Å²) in [5.74, 6) is 0. The molecule has 17 heavy (non-hydrogen) atoms. The van der Waals surface area contributed by atoms with E-state index in [1.165, 1.54) is 12.1 Å². The molecule has 0 spiro atoms. The minimum absolute atomic E-state index is 0.0768. The molecule has 1 aliphatic carbocycles. The monoisotopic (exact) mass is 274 g/mol. The highest BCUT2D eigenvalue weighted by molar-refractivity contribution is 7.89. The van der Waals surface area contributed by atoms with Crippen LogP contribution in [0.4, 0.5) is 0 Å². The van der Waals surface area contributed by atoms with Crippen LogP contribution in [0.2, 0.25) is 5.02 Å². The molecule has 0 amide bonds. The number of halogens is 1. The largest absolute Gasteiger partial charge is 0.326 e. The van der Waals surface area contributed by atoms with Gasteiger partial charge in [-0.15, -0.1) is 0 Å². The maximum absolute atomic E-state index is 12.0. The first-order valence-electron chi connectivity index (χ1n) is 5.54. The number of rotatable bonds is 4. The smallest absolute Gasteiger partial charge is 0.240 e. The Labute approximate surface area is 106 Å². The lowest BCUT2D eigenvalue weighted by molar-refractivity contribution is 0.383. The zero-order valence-electron chi connectivity index (χ0n) is 9.32.